The molecule has 0 saturated carbocycles. The van der Waals surface area contributed by atoms with Crippen molar-refractivity contribution in [3.63, 3.8) is 0 Å². The lowest BCUT2D eigenvalue weighted by Crippen LogP contribution is -2.44. The standard InChI is InChI=1S/C28H28F3N7OS/c1-17-24(36-23(40-17)8-6-18-15-34-26(32)25-21(18)4-3-9-33-25)27(39)35-20-7-5-19(22(14-20)28(29,30)31)16-38-12-10-37(2)11-13-38/h3-5,7,9,14-15,17,24H,10-13,16H2,1-2H3,(H2,32,34)(H,35,39). The third-order valence-electron chi connectivity index (χ3n) is 6.92. The minimum atomic E-state index is -4.54. The molecule has 208 valence electrons. The Bertz CT molecular complexity index is 1520. The number of hydrogen-bond acceptors (Lipinski definition) is 8. The molecule has 12 heteroatoms. The molecule has 0 radical (unpaired) electrons. The molecule has 0 bridgehead atoms. The number of rotatable bonds is 4. The molecule has 2 aliphatic rings. The largest absolute Gasteiger partial charge is 0.416 e. The number of halogens is 3. The van der Waals surface area contributed by atoms with Crippen molar-refractivity contribution in [3.8, 4) is 11.8 Å². The van der Waals surface area contributed by atoms with Gasteiger partial charge in [0.15, 0.2) is 0 Å². The van der Waals surface area contributed by atoms with E-state index >= 15 is 0 Å². The number of nitrogens with two attached hydrogens (primary N) is 1. The number of anilines is 2. The molecule has 3 N–H and O–H groups in total. The lowest BCUT2D eigenvalue weighted by atomic mass is 10.0. The van der Waals surface area contributed by atoms with E-state index in [2.05, 4.69) is 37.0 Å². The van der Waals surface area contributed by atoms with Crippen LogP contribution in [0.3, 0.4) is 0 Å². The van der Waals surface area contributed by atoms with Crippen LogP contribution in [0.2, 0.25) is 0 Å². The van der Waals surface area contributed by atoms with Gasteiger partial charge in [-0.05, 0) is 42.8 Å². The molecule has 1 aromatic carbocycles. The summed E-state index contributed by atoms with van der Waals surface area (Å²) in [6, 6.07) is 6.80. The Kier molecular flexibility index (Phi) is 7.98. The summed E-state index contributed by atoms with van der Waals surface area (Å²) in [5.41, 5.74) is 6.60. The SMILES string of the molecule is CC1SC(C#Cc2cnc(N)c3ncccc23)=NC1C(=O)Nc1ccc(CN2CCN(C)CC2)c(C(F)(F)F)c1. The number of alkyl halides is 3. The highest BCUT2D eigenvalue weighted by molar-refractivity contribution is 8.15. The number of nitrogens with one attached hydrogen (secondary N) is 1. The second kappa shape index (κ2) is 11.4. The average Bonchev–Trinajstić information content (AvgIpc) is 3.30. The van der Waals surface area contributed by atoms with E-state index < -0.39 is 23.7 Å². The van der Waals surface area contributed by atoms with Gasteiger partial charge in [-0.15, -0.1) is 0 Å². The second-order valence-electron chi connectivity index (χ2n) is 9.85. The number of nitrogen functional groups attached to an aromatic ring is 1. The van der Waals surface area contributed by atoms with E-state index in [0.29, 0.717) is 35.0 Å². The number of carbonyl (C=O) groups excluding carboxylic acids is 1. The van der Waals surface area contributed by atoms with E-state index in [9.17, 15) is 18.0 Å². The van der Waals surface area contributed by atoms with E-state index in [4.69, 9.17) is 5.73 Å². The lowest BCUT2D eigenvalue weighted by Gasteiger charge is -2.33. The molecule has 40 heavy (non-hydrogen) atoms. The van der Waals surface area contributed by atoms with Gasteiger partial charge in [0, 0.05) is 61.4 Å². The van der Waals surface area contributed by atoms with Crippen molar-refractivity contribution in [1.29, 1.82) is 0 Å². The summed E-state index contributed by atoms with van der Waals surface area (Å²) in [6.45, 7) is 5.06. The van der Waals surface area contributed by atoms with Crippen molar-refractivity contribution in [2.45, 2.75) is 30.9 Å². The van der Waals surface area contributed by atoms with E-state index in [1.807, 2.05) is 24.9 Å². The van der Waals surface area contributed by atoms with Crippen molar-refractivity contribution in [2.75, 3.05) is 44.3 Å². The zero-order valence-electron chi connectivity index (χ0n) is 22.0. The van der Waals surface area contributed by atoms with Crippen LogP contribution in [-0.4, -0.2) is 75.2 Å². The van der Waals surface area contributed by atoms with E-state index in [1.165, 1.54) is 23.9 Å². The van der Waals surface area contributed by atoms with Crippen molar-refractivity contribution < 1.29 is 18.0 Å². The van der Waals surface area contributed by atoms with Gasteiger partial charge >= 0.3 is 6.18 Å². The summed E-state index contributed by atoms with van der Waals surface area (Å²) < 4.78 is 41.8. The minimum Gasteiger partial charge on any atom is -0.382 e. The predicted octanol–water partition coefficient (Wildman–Crippen LogP) is 3.87. The van der Waals surface area contributed by atoms with Gasteiger partial charge in [-0.1, -0.05) is 30.7 Å². The number of aliphatic imine (C=N–C) groups is 1. The van der Waals surface area contributed by atoms with Gasteiger partial charge < -0.3 is 16.0 Å². The smallest absolute Gasteiger partial charge is 0.382 e. The van der Waals surface area contributed by atoms with E-state index in [1.54, 1.807) is 18.5 Å². The maximum absolute atomic E-state index is 13.9. The Balaban J connectivity index is 1.31. The van der Waals surface area contributed by atoms with Crippen LogP contribution in [0.4, 0.5) is 24.7 Å². The van der Waals surface area contributed by atoms with Crippen LogP contribution in [0.25, 0.3) is 10.9 Å². The Morgan fingerprint density at radius 2 is 1.95 bits per heavy atom. The molecule has 8 nitrogen and oxygen atoms in total. The molecule has 2 atom stereocenters. The number of fused-ring (bicyclic) bond motifs is 1. The zero-order valence-corrected chi connectivity index (χ0v) is 22.8. The highest BCUT2D eigenvalue weighted by atomic mass is 32.2. The number of likely N-dealkylation sites (N-methyl/N-ethyl adjacent to an activating group) is 1. The molecular weight excluding hydrogens is 539 g/mol. The number of hydrogen-bond donors (Lipinski definition) is 2. The Morgan fingerprint density at radius 3 is 2.70 bits per heavy atom. The molecule has 2 aromatic heterocycles. The Hall–Kier alpha value is -3.66. The first-order valence-corrected chi connectivity index (χ1v) is 13.6. The predicted molar refractivity (Wildman–Crippen MR) is 152 cm³/mol. The number of nitrogens with zero attached hydrogens (tertiary/aromatic N) is 5. The second-order valence-corrected chi connectivity index (χ2v) is 11.2. The molecule has 1 amide bonds. The van der Waals surface area contributed by atoms with Gasteiger partial charge in [0.1, 0.15) is 22.4 Å². The lowest BCUT2D eigenvalue weighted by molar-refractivity contribution is -0.138. The number of carbonyl (C=O) groups is 1. The highest BCUT2D eigenvalue weighted by Crippen LogP contribution is 2.35. The average molecular weight is 568 g/mol. The van der Waals surface area contributed by atoms with E-state index in [-0.39, 0.29) is 23.0 Å². The molecule has 0 spiro atoms. The first-order valence-electron chi connectivity index (χ1n) is 12.8. The molecule has 1 saturated heterocycles. The molecular formula is C28H28F3N7OS. The molecule has 5 rings (SSSR count). The molecule has 2 unspecified atom stereocenters. The molecule has 2 aliphatic heterocycles. The first-order chi connectivity index (χ1) is 19.1. The number of amides is 1. The summed E-state index contributed by atoms with van der Waals surface area (Å²) >= 11 is 1.34. The Morgan fingerprint density at radius 1 is 1.18 bits per heavy atom. The van der Waals surface area contributed by atoms with Crippen molar-refractivity contribution >= 4 is 45.1 Å². The quantitative estimate of drug-likeness (QED) is 0.462. The number of piperazine rings is 1. The van der Waals surface area contributed by atoms with Gasteiger partial charge in [0.25, 0.3) is 0 Å². The maximum atomic E-state index is 13.9. The minimum absolute atomic E-state index is 0.0818. The van der Waals surface area contributed by atoms with Crippen molar-refractivity contribution in [1.82, 2.24) is 19.8 Å². The van der Waals surface area contributed by atoms with Crippen LogP contribution in [0, 0.1) is 11.8 Å². The van der Waals surface area contributed by atoms with Crippen LogP contribution >= 0.6 is 11.8 Å². The first kappa shape index (κ1) is 27.9. The summed E-state index contributed by atoms with van der Waals surface area (Å²) in [7, 11) is 2.00. The third-order valence-corrected chi connectivity index (χ3v) is 7.98. The molecule has 3 aromatic rings. The maximum Gasteiger partial charge on any atom is 0.416 e. The fourth-order valence-electron chi connectivity index (χ4n) is 4.67. The van der Waals surface area contributed by atoms with Gasteiger partial charge in [0.05, 0.1) is 11.1 Å². The summed E-state index contributed by atoms with van der Waals surface area (Å²) in [5.74, 6) is 5.83. The van der Waals surface area contributed by atoms with Crippen LogP contribution in [0.1, 0.15) is 23.6 Å². The van der Waals surface area contributed by atoms with Crippen LogP contribution in [-0.2, 0) is 17.5 Å². The van der Waals surface area contributed by atoms with Crippen LogP contribution in [0.5, 0.6) is 0 Å². The van der Waals surface area contributed by atoms with Crippen molar-refractivity contribution in [3.05, 3.63) is 59.4 Å². The fraction of sp³-hybridized carbons (Fsp3) is 0.357. The summed E-state index contributed by atoms with van der Waals surface area (Å²) in [4.78, 5) is 30.0. The highest BCUT2D eigenvalue weighted by Gasteiger charge is 2.35. The summed E-state index contributed by atoms with van der Waals surface area (Å²) in [5, 5.41) is 3.60. The molecule has 1 fully saturated rings. The normalized spacial score (nSPS) is 20.2. The van der Waals surface area contributed by atoms with Gasteiger partial charge in [-0.3, -0.25) is 19.7 Å². The topological polar surface area (TPSA) is 99.7 Å². The monoisotopic (exact) mass is 567 g/mol. The zero-order chi connectivity index (χ0) is 28.4. The third kappa shape index (κ3) is 6.22. The van der Waals surface area contributed by atoms with E-state index in [0.717, 1.165) is 24.5 Å². The molecule has 4 heterocycles. The van der Waals surface area contributed by atoms with Crippen LogP contribution < -0.4 is 11.1 Å². The number of benzene rings is 1. The van der Waals surface area contributed by atoms with Gasteiger partial charge in [0.2, 0.25) is 5.91 Å². The van der Waals surface area contributed by atoms with Gasteiger partial charge in [-0.2, -0.15) is 13.2 Å². The number of pyridine rings is 2. The van der Waals surface area contributed by atoms with Gasteiger partial charge in [-0.25, -0.2) is 4.98 Å². The van der Waals surface area contributed by atoms with Crippen LogP contribution in [0.15, 0.2) is 47.7 Å². The number of aromatic nitrogens is 2. The summed E-state index contributed by atoms with van der Waals surface area (Å²) in [6.07, 6.45) is -1.36. The Labute approximate surface area is 234 Å². The van der Waals surface area contributed by atoms with Crippen molar-refractivity contribution in [2.24, 2.45) is 4.99 Å². The fourth-order valence-corrected chi connectivity index (χ4v) is 5.62. The number of thioether (sulfide) groups is 1. The molecule has 0 aliphatic carbocycles.